The van der Waals surface area contributed by atoms with Crippen molar-refractivity contribution in [1.82, 2.24) is 24.7 Å². The molecule has 6 rings (SSSR count). The van der Waals surface area contributed by atoms with Crippen LogP contribution in [0, 0.1) is 0 Å². The van der Waals surface area contributed by atoms with Gasteiger partial charge in [0.15, 0.2) is 23.4 Å². The van der Waals surface area contributed by atoms with Crippen molar-refractivity contribution in [2.24, 2.45) is 4.99 Å². The molecule has 3 fully saturated rings. The fourth-order valence-corrected chi connectivity index (χ4v) is 6.11. The Labute approximate surface area is 234 Å². The van der Waals surface area contributed by atoms with Crippen molar-refractivity contribution in [2.75, 3.05) is 32.5 Å². The van der Waals surface area contributed by atoms with E-state index in [4.69, 9.17) is 24.7 Å². The molecule has 2 aromatic rings. The van der Waals surface area contributed by atoms with Crippen LogP contribution in [0.3, 0.4) is 0 Å². The zero-order valence-corrected chi connectivity index (χ0v) is 23.9. The van der Waals surface area contributed by atoms with E-state index in [0.29, 0.717) is 37.0 Å². The average Bonchev–Trinajstić information content (AvgIpc) is 3.19. The normalized spacial score (nSPS) is 30.8. The van der Waals surface area contributed by atoms with Crippen LogP contribution in [0.4, 0.5) is 22.1 Å². The van der Waals surface area contributed by atoms with E-state index in [0.717, 1.165) is 5.56 Å². The number of likely N-dealkylation sites (N-methyl/N-ethyl adjacent to an activating group) is 1. The smallest absolute Gasteiger partial charge is 0.407 e. The number of hydrogen-bond acceptors (Lipinski definition) is 10. The minimum absolute atomic E-state index is 0.0921. The second kappa shape index (κ2) is 9.18. The van der Waals surface area contributed by atoms with Gasteiger partial charge in [-0.3, -0.25) is 4.74 Å². The first-order valence-corrected chi connectivity index (χ1v) is 13.6. The molecular weight excluding hydrogens is 514 g/mol. The van der Waals surface area contributed by atoms with E-state index in [2.05, 4.69) is 58.1 Å². The van der Waals surface area contributed by atoms with Crippen molar-refractivity contribution >= 4 is 29.8 Å². The number of aliphatic imine (C=N–C) groups is 1. The molecule has 3 saturated heterocycles. The van der Waals surface area contributed by atoms with Gasteiger partial charge in [-0.15, -0.1) is 0 Å². The van der Waals surface area contributed by atoms with Gasteiger partial charge in [-0.25, -0.2) is 9.78 Å². The number of benzene rings is 1. The van der Waals surface area contributed by atoms with E-state index < -0.39 is 17.6 Å². The van der Waals surface area contributed by atoms with Crippen LogP contribution in [0.25, 0.3) is 0 Å². The first-order valence-electron chi connectivity index (χ1n) is 13.6. The number of fused-ring (bicyclic) bond motifs is 3. The lowest BCUT2D eigenvalue weighted by molar-refractivity contribution is -0.176. The van der Waals surface area contributed by atoms with Crippen molar-refractivity contribution in [3.05, 3.63) is 41.7 Å². The molecule has 1 aromatic carbocycles. The Balaban J connectivity index is 1.01. The highest BCUT2D eigenvalue weighted by Gasteiger charge is 2.97. The number of nitrogens with zero attached hydrogens (tertiary/aromatic N) is 5. The summed E-state index contributed by atoms with van der Waals surface area (Å²) in [5.41, 5.74) is 8.19. The SMILES string of the molecule is CN(CCOC(=O)NCc1ccc(C(C)(C)C)cc1)CC1OC2C3(OC(C)(C)OC13)[N+]21C=Nc2c(N)ncnc21. The van der Waals surface area contributed by atoms with Gasteiger partial charge in [0.2, 0.25) is 6.34 Å². The summed E-state index contributed by atoms with van der Waals surface area (Å²) in [6.07, 6.45) is 1.83. The summed E-state index contributed by atoms with van der Waals surface area (Å²) < 4.78 is 25.0. The summed E-state index contributed by atoms with van der Waals surface area (Å²) in [5.74, 6) is 0.195. The van der Waals surface area contributed by atoms with Crippen molar-refractivity contribution in [3.63, 3.8) is 0 Å². The van der Waals surface area contributed by atoms with E-state index >= 15 is 0 Å². The third kappa shape index (κ3) is 4.17. The van der Waals surface area contributed by atoms with Gasteiger partial charge in [0.05, 0.1) is 0 Å². The lowest BCUT2D eigenvalue weighted by Crippen LogP contribution is -2.50. The first-order chi connectivity index (χ1) is 18.9. The zero-order valence-electron chi connectivity index (χ0n) is 23.9. The molecule has 4 aliphatic rings. The number of nitrogens with two attached hydrogens (primary N) is 1. The van der Waals surface area contributed by atoms with Gasteiger partial charge in [0.1, 0.15) is 19.0 Å². The number of quaternary nitrogens is 1. The molecule has 5 unspecified atom stereocenters. The number of nitrogens with one attached hydrogen (secondary N) is 1. The summed E-state index contributed by atoms with van der Waals surface area (Å²) in [6.45, 7) is 12.1. The number of aromatic nitrogens is 2. The number of ether oxygens (including phenoxy) is 4. The average molecular weight is 553 g/mol. The van der Waals surface area contributed by atoms with Crippen molar-refractivity contribution in [2.45, 2.75) is 76.5 Å². The number of amides is 1. The lowest BCUT2D eigenvalue weighted by Gasteiger charge is -2.27. The van der Waals surface area contributed by atoms with Crippen molar-refractivity contribution in [1.29, 1.82) is 0 Å². The third-order valence-electron chi connectivity index (χ3n) is 8.11. The Kier molecular flexibility index (Phi) is 6.20. The van der Waals surface area contributed by atoms with Crippen LogP contribution in [0.2, 0.25) is 0 Å². The number of nitrogen functional groups attached to an aromatic ring is 1. The fraction of sp³-hybridized carbons (Fsp3) is 0.571. The van der Waals surface area contributed by atoms with Crippen molar-refractivity contribution in [3.8, 4) is 0 Å². The van der Waals surface area contributed by atoms with Crippen LogP contribution in [0.5, 0.6) is 0 Å². The summed E-state index contributed by atoms with van der Waals surface area (Å²) in [5, 5.41) is 2.82. The van der Waals surface area contributed by atoms with E-state index in [1.807, 2.05) is 33.0 Å². The molecule has 0 aliphatic carbocycles. The summed E-state index contributed by atoms with van der Waals surface area (Å²) >= 11 is 0. The van der Waals surface area contributed by atoms with E-state index in [1.165, 1.54) is 11.9 Å². The molecule has 214 valence electrons. The monoisotopic (exact) mass is 552 g/mol. The summed E-state index contributed by atoms with van der Waals surface area (Å²) in [4.78, 5) is 27.4. The van der Waals surface area contributed by atoms with Crippen LogP contribution in [-0.2, 0) is 30.9 Å². The molecular formula is C28H38N7O5+. The molecule has 0 bridgehead atoms. The molecule has 12 heteroatoms. The molecule has 1 aromatic heterocycles. The van der Waals surface area contributed by atoms with Crippen LogP contribution < -0.4 is 15.5 Å². The summed E-state index contributed by atoms with van der Waals surface area (Å²) in [7, 11) is 1.96. The number of hydrogen-bond donors (Lipinski definition) is 2. The van der Waals surface area contributed by atoms with E-state index in [9.17, 15) is 4.79 Å². The predicted octanol–water partition coefficient (Wildman–Crippen LogP) is 2.78. The van der Waals surface area contributed by atoms with Crippen molar-refractivity contribution < 1.29 is 23.7 Å². The number of rotatable bonds is 7. The highest BCUT2D eigenvalue weighted by atomic mass is 16.8. The molecule has 1 amide bonds. The topological polar surface area (TPSA) is 133 Å². The predicted molar refractivity (Wildman–Crippen MR) is 149 cm³/mol. The number of alkyl carbamates (subject to hydrolysis) is 1. The zero-order chi connectivity index (χ0) is 28.5. The first kappa shape index (κ1) is 27.0. The van der Waals surface area contributed by atoms with Gasteiger partial charge in [-0.1, -0.05) is 45.0 Å². The third-order valence-corrected chi connectivity index (χ3v) is 8.11. The number of anilines is 1. The van der Waals surface area contributed by atoms with E-state index in [-0.39, 0.29) is 34.9 Å². The molecule has 0 radical (unpaired) electrons. The largest absolute Gasteiger partial charge is 0.448 e. The Bertz CT molecular complexity index is 1340. The van der Waals surface area contributed by atoms with Gasteiger partial charge >= 0.3 is 11.8 Å². The van der Waals surface area contributed by atoms with Gasteiger partial charge < -0.3 is 30.2 Å². The fourth-order valence-electron chi connectivity index (χ4n) is 6.11. The lowest BCUT2D eigenvalue weighted by atomic mass is 9.87. The number of carbonyl (C=O) groups excluding carboxylic acids is 1. The van der Waals surface area contributed by atoms with Gasteiger partial charge in [-0.05, 0) is 37.4 Å². The minimum Gasteiger partial charge on any atom is -0.448 e. The Morgan fingerprint density at radius 2 is 1.98 bits per heavy atom. The minimum atomic E-state index is -0.797. The molecule has 5 atom stereocenters. The molecule has 3 N–H and O–H groups in total. The molecule has 40 heavy (non-hydrogen) atoms. The quantitative estimate of drug-likeness (QED) is 0.393. The Morgan fingerprint density at radius 3 is 2.70 bits per heavy atom. The van der Waals surface area contributed by atoms with Gasteiger partial charge in [0.25, 0.3) is 12.0 Å². The van der Waals surface area contributed by atoms with Crippen LogP contribution in [0.15, 0.2) is 35.6 Å². The van der Waals surface area contributed by atoms with Crippen LogP contribution in [-0.4, -0.2) is 84.0 Å². The Morgan fingerprint density at radius 1 is 1.23 bits per heavy atom. The highest BCUT2D eigenvalue weighted by molar-refractivity contribution is 5.96. The van der Waals surface area contributed by atoms with Crippen LogP contribution >= 0.6 is 0 Å². The molecule has 0 saturated carbocycles. The summed E-state index contributed by atoms with van der Waals surface area (Å²) in [6, 6.07) is 8.26. The maximum absolute atomic E-state index is 12.3. The molecule has 5 heterocycles. The number of carbonyl (C=O) groups is 1. The second-order valence-corrected chi connectivity index (χ2v) is 12.5. The molecule has 2 spiro atoms. The standard InChI is InChI=1S/C28H37N7O5/c1-26(2,3)18-9-7-17(8-10-18)13-30-25(36)37-12-11-34(6)14-19-21-28(40-27(4,5)39-21)24(38-19)35(28)16-33-20-22(29)31-15-32-23(20)35/h7-10,15-16,19,21,24H,11-14H2,1-6H3,(H2-,29,30,31,32,36)/p+1. The van der Waals surface area contributed by atoms with Gasteiger partial charge in [-0.2, -0.15) is 14.5 Å². The molecule has 12 nitrogen and oxygen atoms in total. The highest BCUT2D eigenvalue weighted by Crippen LogP contribution is 2.69. The van der Waals surface area contributed by atoms with E-state index in [1.54, 1.807) is 6.34 Å². The maximum Gasteiger partial charge on any atom is 0.407 e. The Hall–Kier alpha value is -3.16. The van der Waals surface area contributed by atoms with Gasteiger partial charge in [0, 0.05) is 19.6 Å². The van der Waals surface area contributed by atoms with Crippen LogP contribution in [0.1, 0.15) is 45.7 Å². The second-order valence-electron chi connectivity index (χ2n) is 12.5. The maximum atomic E-state index is 12.3. The molecule has 4 aliphatic heterocycles.